The smallest absolute Gasteiger partial charge is 0.339 e. The number of carbonyl (C=O) groups is 1. The maximum absolute atomic E-state index is 12.2. The molecule has 3 nitrogen and oxygen atoms in total. The zero-order valence-electron chi connectivity index (χ0n) is 12.8. The van der Waals surface area contributed by atoms with Crippen molar-refractivity contribution in [1.29, 1.82) is 0 Å². The lowest BCUT2D eigenvalue weighted by Gasteiger charge is -2.26. The number of methoxy groups -OCH3 is 1. The van der Waals surface area contributed by atoms with Crippen LogP contribution in [0.25, 0.3) is 0 Å². The molecule has 0 radical (unpaired) electrons. The minimum Gasteiger partial charge on any atom is -0.465 e. The van der Waals surface area contributed by atoms with Gasteiger partial charge in [-0.2, -0.15) is 0 Å². The van der Waals surface area contributed by atoms with Crippen LogP contribution in [0.3, 0.4) is 0 Å². The topological polar surface area (TPSA) is 29.5 Å². The van der Waals surface area contributed by atoms with Crippen LogP contribution in [0.5, 0.6) is 0 Å². The SMILES string of the molecule is COC(=O)c1ccccc1N(c1ccccc1)c1ccccc1. The van der Waals surface area contributed by atoms with Crippen molar-refractivity contribution in [2.45, 2.75) is 0 Å². The quantitative estimate of drug-likeness (QED) is 0.639. The zero-order valence-corrected chi connectivity index (χ0v) is 12.8. The molecule has 0 saturated heterocycles. The molecule has 0 aliphatic rings. The molecule has 0 fully saturated rings. The predicted octanol–water partition coefficient (Wildman–Crippen LogP) is 4.94. The molecule has 3 aromatic carbocycles. The largest absolute Gasteiger partial charge is 0.465 e. The van der Waals surface area contributed by atoms with E-state index in [0.717, 1.165) is 17.1 Å². The van der Waals surface area contributed by atoms with Crippen molar-refractivity contribution >= 4 is 23.0 Å². The highest BCUT2D eigenvalue weighted by atomic mass is 16.5. The van der Waals surface area contributed by atoms with Crippen molar-refractivity contribution in [3.63, 3.8) is 0 Å². The van der Waals surface area contributed by atoms with Gasteiger partial charge in [0.05, 0.1) is 18.4 Å². The number of hydrogen-bond donors (Lipinski definition) is 0. The van der Waals surface area contributed by atoms with E-state index in [1.54, 1.807) is 6.07 Å². The number of hydrogen-bond acceptors (Lipinski definition) is 3. The summed E-state index contributed by atoms with van der Waals surface area (Å²) in [7, 11) is 1.40. The summed E-state index contributed by atoms with van der Waals surface area (Å²) in [4.78, 5) is 14.2. The van der Waals surface area contributed by atoms with Crippen LogP contribution in [0, 0.1) is 0 Å². The molecule has 0 amide bonds. The standard InChI is InChI=1S/C20H17NO2/c1-23-20(22)18-14-8-9-15-19(18)21(16-10-4-2-5-11-16)17-12-6-3-7-13-17/h2-15H,1H3. The Balaban J connectivity index is 2.20. The molecule has 0 bridgehead atoms. The molecule has 0 aromatic heterocycles. The summed E-state index contributed by atoms with van der Waals surface area (Å²) in [5.41, 5.74) is 3.28. The third kappa shape index (κ3) is 3.09. The Morgan fingerprint density at radius 1 is 0.739 bits per heavy atom. The Morgan fingerprint density at radius 3 is 1.74 bits per heavy atom. The fourth-order valence-corrected chi connectivity index (χ4v) is 2.53. The van der Waals surface area contributed by atoms with Crippen LogP contribution in [0.2, 0.25) is 0 Å². The lowest BCUT2D eigenvalue weighted by atomic mass is 10.1. The van der Waals surface area contributed by atoms with Gasteiger partial charge in [0.2, 0.25) is 0 Å². The van der Waals surface area contributed by atoms with Crippen LogP contribution in [0.4, 0.5) is 17.1 Å². The van der Waals surface area contributed by atoms with Crippen LogP contribution < -0.4 is 4.90 Å². The summed E-state index contributed by atoms with van der Waals surface area (Å²) in [6.07, 6.45) is 0. The average Bonchev–Trinajstić information content (AvgIpc) is 2.63. The third-order valence-corrected chi connectivity index (χ3v) is 3.58. The highest BCUT2D eigenvalue weighted by Crippen LogP contribution is 2.36. The van der Waals surface area contributed by atoms with E-state index in [1.807, 2.05) is 83.8 Å². The lowest BCUT2D eigenvalue weighted by molar-refractivity contribution is 0.0601. The van der Waals surface area contributed by atoms with Gasteiger partial charge in [0.15, 0.2) is 0 Å². The fourth-order valence-electron chi connectivity index (χ4n) is 2.53. The highest BCUT2D eigenvalue weighted by molar-refractivity contribution is 5.98. The van der Waals surface area contributed by atoms with E-state index in [4.69, 9.17) is 4.74 Å². The van der Waals surface area contributed by atoms with Gasteiger partial charge < -0.3 is 9.64 Å². The molecule has 0 aliphatic carbocycles. The first-order chi connectivity index (χ1) is 11.3. The molecule has 0 saturated carbocycles. The third-order valence-electron chi connectivity index (χ3n) is 3.58. The van der Waals surface area contributed by atoms with Crippen LogP contribution in [-0.2, 0) is 4.74 Å². The first-order valence-corrected chi connectivity index (χ1v) is 7.39. The maximum Gasteiger partial charge on any atom is 0.339 e. The summed E-state index contributed by atoms with van der Waals surface area (Å²) in [6, 6.07) is 27.4. The number of anilines is 3. The van der Waals surface area contributed by atoms with E-state index in [2.05, 4.69) is 0 Å². The molecular formula is C20H17NO2. The number of carbonyl (C=O) groups excluding carboxylic acids is 1. The minimum absolute atomic E-state index is 0.350. The number of nitrogens with zero attached hydrogens (tertiary/aromatic N) is 1. The first kappa shape index (κ1) is 14.9. The van der Waals surface area contributed by atoms with Gasteiger partial charge in [-0.3, -0.25) is 0 Å². The molecular weight excluding hydrogens is 286 g/mol. The Labute approximate surface area is 135 Å². The average molecular weight is 303 g/mol. The van der Waals surface area contributed by atoms with Gasteiger partial charge in [0.1, 0.15) is 0 Å². The van der Waals surface area contributed by atoms with Gasteiger partial charge in [-0.05, 0) is 36.4 Å². The molecule has 23 heavy (non-hydrogen) atoms. The minimum atomic E-state index is -0.350. The molecule has 0 atom stereocenters. The van der Waals surface area contributed by atoms with Gasteiger partial charge in [0, 0.05) is 11.4 Å². The van der Waals surface area contributed by atoms with Crippen molar-refractivity contribution in [2.75, 3.05) is 12.0 Å². The summed E-state index contributed by atoms with van der Waals surface area (Å²) in [5.74, 6) is -0.350. The van der Waals surface area contributed by atoms with E-state index in [0.29, 0.717) is 5.56 Å². The van der Waals surface area contributed by atoms with Crippen molar-refractivity contribution < 1.29 is 9.53 Å². The monoisotopic (exact) mass is 303 g/mol. The molecule has 3 aromatic rings. The molecule has 0 heterocycles. The Kier molecular flexibility index (Phi) is 4.39. The molecule has 114 valence electrons. The van der Waals surface area contributed by atoms with Crippen LogP contribution in [0.15, 0.2) is 84.9 Å². The van der Waals surface area contributed by atoms with Crippen LogP contribution in [-0.4, -0.2) is 13.1 Å². The zero-order chi connectivity index (χ0) is 16.1. The second-order valence-corrected chi connectivity index (χ2v) is 5.02. The van der Waals surface area contributed by atoms with Crippen molar-refractivity contribution in [3.8, 4) is 0 Å². The van der Waals surface area contributed by atoms with E-state index >= 15 is 0 Å². The molecule has 3 rings (SSSR count). The number of para-hydroxylation sites is 3. The Morgan fingerprint density at radius 2 is 1.22 bits per heavy atom. The van der Waals surface area contributed by atoms with Crippen molar-refractivity contribution in [2.24, 2.45) is 0 Å². The van der Waals surface area contributed by atoms with E-state index in [-0.39, 0.29) is 5.97 Å². The van der Waals surface area contributed by atoms with E-state index < -0.39 is 0 Å². The second kappa shape index (κ2) is 6.79. The molecule has 0 unspecified atom stereocenters. The molecule has 3 heteroatoms. The van der Waals surface area contributed by atoms with Crippen molar-refractivity contribution in [1.82, 2.24) is 0 Å². The summed E-state index contributed by atoms with van der Waals surface area (Å²) in [6.45, 7) is 0. The predicted molar refractivity (Wildman–Crippen MR) is 92.5 cm³/mol. The number of ether oxygens (including phenoxy) is 1. The first-order valence-electron chi connectivity index (χ1n) is 7.39. The molecule has 0 N–H and O–H groups in total. The molecule has 0 spiro atoms. The van der Waals surface area contributed by atoms with Crippen molar-refractivity contribution in [3.05, 3.63) is 90.5 Å². The maximum atomic E-state index is 12.2. The fraction of sp³-hybridized carbons (Fsp3) is 0.0500. The van der Waals surface area contributed by atoms with Gasteiger partial charge >= 0.3 is 5.97 Å². The van der Waals surface area contributed by atoms with Gasteiger partial charge in [-0.25, -0.2) is 4.79 Å². The highest BCUT2D eigenvalue weighted by Gasteiger charge is 2.19. The van der Waals surface area contributed by atoms with E-state index in [9.17, 15) is 4.79 Å². The lowest BCUT2D eigenvalue weighted by Crippen LogP contribution is -2.14. The van der Waals surface area contributed by atoms with Gasteiger partial charge in [-0.1, -0.05) is 48.5 Å². The molecule has 0 aliphatic heterocycles. The van der Waals surface area contributed by atoms with Gasteiger partial charge in [-0.15, -0.1) is 0 Å². The number of rotatable bonds is 4. The Hall–Kier alpha value is -3.07. The van der Waals surface area contributed by atoms with Gasteiger partial charge in [0.25, 0.3) is 0 Å². The number of benzene rings is 3. The number of esters is 1. The van der Waals surface area contributed by atoms with Crippen LogP contribution >= 0.6 is 0 Å². The summed E-state index contributed by atoms with van der Waals surface area (Å²) >= 11 is 0. The summed E-state index contributed by atoms with van der Waals surface area (Å²) < 4.78 is 4.93. The van der Waals surface area contributed by atoms with Crippen LogP contribution in [0.1, 0.15) is 10.4 Å². The normalized spacial score (nSPS) is 10.1. The second-order valence-electron chi connectivity index (χ2n) is 5.02. The Bertz CT molecular complexity index is 746. The summed E-state index contributed by atoms with van der Waals surface area (Å²) in [5, 5.41) is 0. The van der Waals surface area contributed by atoms with E-state index in [1.165, 1.54) is 7.11 Å².